The Kier molecular flexibility index (Phi) is 3.44. The topological polar surface area (TPSA) is 32.3 Å². The van der Waals surface area contributed by atoms with Crippen LogP contribution >= 0.6 is 0 Å². The number of hydrogen-bond acceptors (Lipinski definition) is 2. The van der Waals surface area contributed by atoms with Crippen molar-refractivity contribution in [2.75, 3.05) is 0 Å². The average Bonchev–Trinajstić information content (AvgIpc) is 2.42. The Balaban J connectivity index is 2.11. The molecule has 116 valence electrons. The van der Waals surface area contributed by atoms with E-state index in [1.807, 2.05) is 0 Å². The number of benzene rings is 1. The molecule has 7 heteroatoms. The molecule has 0 aromatic heterocycles. The van der Waals surface area contributed by atoms with Crippen LogP contribution in [0.5, 0.6) is 0 Å². The van der Waals surface area contributed by atoms with E-state index in [1.165, 1.54) is 0 Å². The fraction of sp³-hybridized carbons (Fsp3) is 0.571. The normalized spacial score (nSPS) is 32.3. The molecule has 1 aromatic carbocycles. The summed E-state index contributed by atoms with van der Waals surface area (Å²) in [5.74, 6) is -10.1. The Morgan fingerprint density at radius 3 is 1.71 bits per heavy atom. The number of halogens is 5. The molecule has 0 spiro atoms. The minimum absolute atomic E-state index is 0.0676. The van der Waals surface area contributed by atoms with Crippen LogP contribution in [0.25, 0.3) is 0 Å². The number of fused-ring (bicyclic) bond motifs is 2. The van der Waals surface area contributed by atoms with E-state index in [1.54, 1.807) is 0 Å². The summed E-state index contributed by atoms with van der Waals surface area (Å²) in [6.07, 6.45) is 2.18. The van der Waals surface area contributed by atoms with Gasteiger partial charge in [-0.25, -0.2) is 22.0 Å². The van der Waals surface area contributed by atoms with Crippen molar-refractivity contribution >= 4 is 0 Å². The van der Waals surface area contributed by atoms with E-state index in [2.05, 4.69) is 5.32 Å². The molecule has 0 radical (unpaired) electrons. The molecule has 2 unspecified atom stereocenters. The summed E-state index contributed by atoms with van der Waals surface area (Å²) in [5.41, 5.74) is -3.14. The van der Waals surface area contributed by atoms with Crippen molar-refractivity contribution in [3.63, 3.8) is 0 Å². The maximum absolute atomic E-state index is 13.9. The molecule has 0 saturated carbocycles. The molecule has 2 atom stereocenters. The van der Waals surface area contributed by atoms with E-state index in [9.17, 15) is 27.1 Å². The third-order valence-corrected chi connectivity index (χ3v) is 4.42. The molecule has 2 N–H and O–H groups in total. The van der Waals surface area contributed by atoms with Gasteiger partial charge >= 0.3 is 0 Å². The molecular weight excluding hydrogens is 293 g/mol. The quantitative estimate of drug-likeness (QED) is 0.475. The van der Waals surface area contributed by atoms with Gasteiger partial charge in [0.25, 0.3) is 0 Å². The standard InChI is InChI=1S/C14H14F5NO/c15-9-8(10(16)12(18)13(19)11(9)17)14(21)4-6-2-1-3-7(5-14)20-6/h6-7,20-21H,1-5H2. The summed E-state index contributed by atoms with van der Waals surface area (Å²) in [5, 5.41) is 13.8. The molecule has 2 aliphatic heterocycles. The predicted octanol–water partition coefficient (Wildman–Crippen LogP) is 2.87. The van der Waals surface area contributed by atoms with E-state index in [-0.39, 0.29) is 24.9 Å². The van der Waals surface area contributed by atoms with Gasteiger partial charge in [0.2, 0.25) is 5.82 Å². The highest BCUT2D eigenvalue weighted by molar-refractivity contribution is 5.31. The van der Waals surface area contributed by atoms with Crippen molar-refractivity contribution in [2.24, 2.45) is 0 Å². The predicted molar refractivity (Wildman–Crippen MR) is 63.9 cm³/mol. The first-order valence-corrected chi connectivity index (χ1v) is 6.84. The molecule has 0 aliphatic carbocycles. The Bertz CT molecular complexity index is 550. The van der Waals surface area contributed by atoms with E-state index >= 15 is 0 Å². The average molecular weight is 307 g/mol. The van der Waals surface area contributed by atoms with Gasteiger partial charge in [0.15, 0.2) is 23.3 Å². The molecule has 2 nitrogen and oxygen atoms in total. The highest BCUT2D eigenvalue weighted by atomic mass is 19.2. The largest absolute Gasteiger partial charge is 0.385 e. The Morgan fingerprint density at radius 1 is 0.810 bits per heavy atom. The monoisotopic (exact) mass is 307 g/mol. The molecule has 2 bridgehead atoms. The molecule has 2 saturated heterocycles. The summed E-state index contributed by atoms with van der Waals surface area (Å²) in [6.45, 7) is 0. The van der Waals surface area contributed by atoms with Crippen molar-refractivity contribution in [1.82, 2.24) is 5.32 Å². The lowest BCUT2D eigenvalue weighted by Crippen LogP contribution is -2.55. The van der Waals surface area contributed by atoms with Crippen LogP contribution < -0.4 is 5.32 Å². The molecule has 0 amide bonds. The van der Waals surface area contributed by atoms with Crippen LogP contribution in [-0.4, -0.2) is 17.2 Å². The number of nitrogens with one attached hydrogen (secondary N) is 1. The lowest BCUT2D eigenvalue weighted by molar-refractivity contribution is -0.0421. The maximum Gasteiger partial charge on any atom is 0.200 e. The molecule has 2 fully saturated rings. The van der Waals surface area contributed by atoms with Gasteiger partial charge in [-0.15, -0.1) is 0 Å². The van der Waals surface area contributed by atoms with Crippen LogP contribution in [0.15, 0.2) is 0 Å². The fourth-order valence-electron chi connectivity index (χ4n) is 3.55. The van der Waals surface area contributed by atoms with Crippen molar-refractivity contribution in [2.45, 2.75) is 49.8 Å². The SMILES string of the molecule is OC1(c2c(F)c(F)c(F)c(F)c2F)CC2CCCC(C1)N2. The Hall–Kier alpha value is -1.21. The molecule has 21 heavy (non-hydrogen) atoms. The van der Waals surface area contributed by atoms with Crippen LogP contribution in [0.4, 0.5) is 22.0 Å². The van der Waals surface area contributed by atoms with E-state index in [0.29, 0.717) is 12.8 Å². The van der Waals surface area contributed by atoms with Crippen molar-refractivity contribution in [3.05, 3.63) is 34.6 Å². The fourth-order valence-corrected chi connectivity index (χ4v) is 3.55. The summed E-state index contributed by atoms with van der Waals surface area (Å²) in [4.78, 5) is 0. The summed E-state index contributed by atoms with van der Waals surface area (Å²) in [7, 11) is 0. The zero-order valence-electron chi connectivity index (χ0n) is 11.0. The third-order valence-electron chi connectivity index (χ3n) is 4.42. The zero-order valence-corrected chi connectivity index (χ0v) is 11.0. The minimum atomic E-state index is -2.20. The van der Waals surface area contributed by atoms with Crippen LogP contribution in [0.3, 0.4) is 0 Å². The van der Waals surface area contributed by atoms with Gasteiger partial charge in [-0.2, -0.15) is 0 Å². The number of aliphatic hydroxyl groups is 1. The third kappa shape index (κ3) is 2.23. The lowest BCUT2D eigenvalue weighted by Gasteiger charge is -2.45. The molecule has 3 rings (SSSR count). The first-order chi connectivity index (χ1) is 9.83. The van der Waals surface area contributed by atoms with Gasteiger partial charge in [0.05, 0.1) is 11.2 Å². The van der Waals surface area contributed by atoms with Crippen molar-refractivity contribution < 1.29 is 27.1 Å². The van der Waals surface area contributed by atoms with Crippen LogP contribution in [0.2, 0.25) is 0 Å². The van der Waals surface area contributed by atoms with Crippen molar-refractivity contribution in [3.8, 4) is 0 Å². The first kappa shape index (κ1) is 14.7. The number of rotatable bonds is 1. The first-order valence-electron chi connectivity index (χ1n) is 6.84. The maximum atomic E-state index is 13.9. The second-order valence-electron chi connectivity index (χ2n) is 5.88. The van der Waals surface area contributed by atoms with Crippen LogP contribution in [0.1, 0.15) is 37.7 Å². The van der Waals surface area contributed by atoms with E-state index in [0.717, 1.165) is 6.42 Å². The van der Waals surface area contributed by atoms with Gasteiger partial charge in [-0.3, -0.25) is 0 Å². The van der Waals surface area contributed by atoms with E-state index < -0.39 is 40.3 Å². The van der Waals surface area contributed by atoms with Crippen molar-refractivity contribution in [1.29, 1.82) is 0 Å². The lowest BCUT2D eigenvalue weighted by atomic mass is 9.73. The zero-order chi connectivity index (χ0) is 15.4. The molecule has 2 heterocycles. The second kappa shape index (κ2) is 4.91. The summed E-state index contributed by atoms with van der Waals surface area (Å²) >= 11 is 0. The second-order valence-corrected chi connectivity index (χ2v) is 5.88. The van der Waals surface area contributed by atoms with E-state index in [4.69, 9.17) is 0 Å². The number of hydrogen-bond donors (Lipinski definition) is 2. The van der Waals surface area contributed by atoms with Gasteiger partial charge in [-0.05, 0) is 25.7 Å². The van der Waals surface area contributed by atoms with Gasteiger partial charge in [-0.1, -0.05) is 6.42 Å². The minimum Gasteiger partial charge on any atom is -0.385 e. The highest BCUT2D eigenvalue weighted by Gasteiger charge is 2.46. The van der Waals surface area contributed by atoms with Gasteiger partial charge in [0.1, 0.15) is 0 Å². The smallest absolute Gasteiger partial charge is 0.200 e. The highest BCUT2D eigenvalue weighted by Crippen LogP contribution is 2.42. The van der Waals surface area contributed by atoms with Crippen LogP contribution in [-0.2, 0) is 5.60 Å². The van der Waals surface area contributed by atoms with Gasteiger partial charge < -0.3 is 10.4 Å². The Labute approximate surface area is 118 Å². The summed E-state index contributed by atoms with van der Waals surface area (Å²) in [6, 6.07) is -0.366. The summed E-state index contributed by atoms with van der Waals surface area (Å²) < 4.78 is 67.6. The molecular formula is C14H14F5NO. The van der Waals surface area contributed by atoms with Gasteiger partial charge in [0, 0.05) is 12.1 Å². The van der Waals surface area contributed by atoms with Crippen LogP contribution in [0, 0.1) is 29.1 Å². The Morgan fingerprint density at radius 2 is 1.24 bits per heavy atom. The molecule has 2 aliphatic rings. The number of piperidine rings is 2. The molecule has 1 aromatic rings.